The quantitative estimate of drug-likeness (QED) is 0.564. The van der Waals surface area contributed by atoms with E-state index in [4.69, 9.17) is 16.7 Å². The first-order valence-electron chi connectivity index (χ1n) is 4.37. The highest BCUT2D eigenvalue weighted by Crippen LogP contribution is 2.59. The van der Waals surface area contributed by atoms with E-state index in [-0.39, 0.29) is 17.3 Å². The summed E-state index contributed by atoms with van der Waals surface area (Å²) in [6.07, 6.45) is 1.99. The van der Waals surface area contributed by atoms with Gasteiger partial charge in [0.15, 0.2) is 0 Å². The summed E-state index contributed by atoms with van der Waals surface area (Å²) in [6, 6.07) is 0. The molecule has 0 amide bonds. The summed E-state index contributed by atoms with van der Waals surface area (Å²) in [4.78, 5) is 10.8. The Morgan fingerprint density at radius 2 is 2.15 bits per heavy atom. The van der Waals surface area contributed by atoms with E-state index in [0.717, 1.165) is 5.57 Å². The molecule has 0 saturated heterocycles. The summed E-state index contributed by atoms with van der Waals surface area (Å²) in [5.41, 5.74) is 0.961. The minimum atomic E-state index is -0.700. The molecule has 0 bridgehead atoms. The van der Waals surface area contributed by atoms with Gasteiger partial charge < -0.3 is 5.11 Å². The normalized spacial score (nSPS) is 31.5. The number of allylic oxidation sites excluding steroid dienone is 2. The van der Waals surface area contributed by atoms with Gasteiger partial charge in [-0.1, -0.05) is 25.5 Å². The number of hydrogen-bond donors (Lipinski definition) is 1. The SMILES string of the molecule is CC(=C[C@H]1[C@H](C(=O)O)C1(C)C)CCl. The summed E-state index contributed by atoms with van der Waals surface area (Å²) >= 11 is 5.63. The summed E-state index contributed by atoms with van der Waals surface area (Å²) in [5, 5.41) is 8.88. The number of carboxylic acids is 1. The van der Waals surface area contributed by atoms with Crippen molar-refractivity contribution in [2.75, 3.05) is 5.88 Å². The first kappa shape index (κ1) is 10.6. The van der Waals surface area contributed by atoms with Crippen molar-refractivity contribution in [1.82, 2.24) is 0 Å². The molecular weight excluding hydrogens is 188 g/mol. The van der Waals surface area contributed by atoms with Gasteiger partial charge >= 0.3 is 5.97 Å². The average molecular weight is 203 g/mol. The number of carbonyl (C=O) groups is 1. The highest BCUT2D eigenvalue weighted by Gasteiger charge is 2.60. The fourth-order valence-electron chi connectivity index (χ4n) is 1.81. The van der Waals surface area contributed by atoms with Crippen molar-refractivity contribution in [3.63, 3.8) is 0 Å². The van der Waals surface area contributed by atoms with Crippen molar-refractivity contribution in [1.29, 1.82) is 0 Å². The monoisotopic (exact) mass is 202 g/mol. The Morgan fingerprint density at radius 3 is 2.46 bits per heavy atom. The van der Waals surface area contributed by atoms with Crippen LogP contribution < -0.4 is 0 Å². The van der Waals surface area contributed by atoms with E-state index in [1.807, 2.05) is 26.8 Å². The maximum atomic E-state index is 10.8. The molecule has 0 spiro atoms. The fraction of sp³-hybridized carbons (Fsp3) is 0.700. The predicted molar refractivity (Wildman–Crippen MR) is 52.9 cm³/mol. The Bertz CT molecular complexity index is 256. The third-order valence-corrected chi connectivity index (χ3v) is 3.27. The number of rotatable bonds is 3. The zero-order valence-corrected chi connectivity index (χ0v) is 8.93. The van der Waals surface area contributed by atoms with Crippen LogP contribution in [0.3, 0.4) is 0 Å². The molecule has 2 nitrogen and oxygen atoms in total. The van der Waals surface area contributed by atoms with E-state index in [2.05, 4.69) is 0 Å². The van der Waals surface area contributed by atoms with Gasteiger partial charge in [0.25, 0.3) is 0 Å². The van der Waals surface area contributed by atoms with Gasteiger partial charge in [-0.3, -0.25) is 4.79 Å². The highest BCUT2D eigenvalue weighted by molar-refractivity contribution is 6.19. The van der Waals surface area contributed by atoms with Crippen molar-refractivity contribution in [3.8, 4) is 0 Å². The van der Waals surface area contributed by atoms with Gasteiger partial charge in [0.05, 0.1) is 5.92 Å². The van der Waals surface area contributed by atoms with Crippen LogP contribution in [0.4, 0.5) is 0 Å². The number of hydrogen-bond acceptors (Lipinski definition) is 1. The Kier molecular flexibility index (Phi) is 2.71. The third-order valence-electron chi connectivity index (χ3n) is 2.85. The molecule has 0 aromatic carbocycles. The zero-order valence-electron chi connectivity index (χ0n) is 8.17. The van der Waals surface area contributed by atoms with Gasteiger partial charge in [0, 0.05) is 5.88 Å². The van der Waals surface area contributed by atoms with E-state index < -0.39 is 5.97 Å². The van der Waals surface area contributed by atoms with Crippen LogP contribution in [0.15, 0.2) is 11.6 Å². The number of carboxylic acid groups (broad SMARTS) is 1. The molecule has 1 aliphatic rings. The lowest BCUT2D eigenvalue weighted by Gasteiger charge is -1.97. The average Bonchev–Trinajstić information content (AvgIpc) is 2.53. The van der Waals surface area contributed by atoms with Crippen LogP contribution >= 0.6 is 11.6 Å². The molecule has 1 saturated carbocycles. The largest absolute Gasteiger partial charge is 0.481 e. The summed E-state index contributed by atoms with van der Waals surface area (Å²) in [7, 11) is 0. The van der Waals surface area contributed by atoms with E-state index in [1.165, 1.54) is 0 Å². The van der Waals surface area contributed by atoms with E-state index >= 15 is 0 Å². The molecule has 1 aliphatic carbocycles. The number of alkyl halides is 1. The molecule has 1 fully saturated rings. The molecule has 0 aromatic rings. The molecule has 0 heterocycles. The molecule has 0 unspecified atom stereocenters. The molecule has 3 heteroatoms. The van der Waals surface area contributed by atoms with Crippen molar-refractivity contribution in [2.45, 2.75) is 20.8 Å². The summed E-state index contributed by atoms with van der Waals surface area (Å²) in [5.74, 6) is -0.290. The summed E-state index contributed by atoms with van der Waals surface area (Å²) < 4.78 is 0. The molecule has 1 rings (SSSR count). The first-order valence-corrected chi connectivity index (χ1v) is 4.90. The van der Waals surface area contributed by atoms with E-state index in [9.17, 15) is 4.79 Å². The lowest BCUT2D eigenvalue weighted by Crippen LogP contribution is -2.03. The fourth-order valence-corrected chi connectivity index (χ4v) is 1.90. The lowest BCUT2D eigenvalue weighted by molar-refractivity contribution is -0.139. The lowest BCUT2D eigenvalue weighted by atomic mass is 10.1. The van der Waals surface area contributed by atoms with Gasteiger partial charge in [0.2, 0.25) is 0 Å². The van der Waals surface area contributed by atoms with Crippen molar-refractivity contribution >= 4 is 17.6 Å². The Balaban J connectivity index is 2.71. The van der Waals surface area contributed by atoms with E-state index in [1.54, 1.807) is 0 Å². The van der Waals surface area contributed by atoms with Crippen molar-refractivity contribution in [3.05, 3.63) is 11.6 Å². The van der Waals surface area contributed by atoms with E-state index in [0.29, 0.717) is 5.88 Å². The Hall–Kier alpha value is -0.500. The Labute approximate surface area is 83.6 Å². The minimum Gasteiger partial charge on any atom is -0.481 e. The van der Waals surface area contributed by atoms with Crippen LogP contribution in [0.1, 0.15) is 20.8 Å². The maximum absolute atomic E-state index is 10.8. The van der Waals surface area contributed by atoms with Crippen molar-refractivity contribution in [2.24, 2.45) is 17.3 Å². The van der Waals surface area contributed by atoms with Gasteiger partial charge in [0.1, 0.15) is 0 Å². The number of aliphatic carboxylic acids is 1. The molecule has 1 N–H and O–H groups in total. The van der Waals surface area contributed by atoms with Crippen LogP contribution in [0, 0.1) is 17.3 Å². The smallest absolute Gasteiger partial charge is 0.307 e. The second kappa shape index (κ2) is 3.33. The van der Waals surface area contributed by atoms with Crippen LogP contribution in [0.2, 0.25) is 0 Å². The molecule has 0 aliphatic heterocycles. The molecular formula is C10H15ClO2. The summed E-state index contributed by atoms with van der Waals surface area (Å²) in [6.45, 7) is 5.89. The first-order chi connectivity index (χ1) is 5.91. The minimum absolute atomic E-state index is 0.0981. The molecule has 2 atom stereocenters. The Morgan fingerprint density at radius 1 is 1.62 bits per heavy atom. The molecule has 0 radical (unpaired) electrons. The van der Waals surface area contributed by atoms with Crippen molar-refractivity contribution < 1.29 is 9.90 Å². The predicted octanol–water partition coefficient (Wildman–Crippen LogP) is 2.53. The highest BCUT2D eigenvalue weighted by atomic mass is 35.5. The maximum Gasteiger partial charge on any atom is 0.307 e. The molecule has 13 heavy (non-hydrogen) atoms. The standard InChI is InChI=1S/C10H15ClO2/c1-6(5-11)4-7-8(9(12)13)10(7,2)3/h4,7-8H,5H2,1-3H3,(H,12,13)/t7-,8+/m0/s1. The van der Waals surface area contributed by atoms with Crippen LogP contribution in [0.25, 0.3) is 0 Å². The molecule has 74 valence electrons. The topological polar surface area (TPSA) is 37.3 Å². The van der Waals surface area contributed by atoms with Crippen LogP contribution in [-0.4, -0.2) is 17.0 Å². The number of halogens is 1. The van der Waals surface area contributed by atoms with Gasteiger partial charge in [-0.2, -0.15) is 0 Å². The van der Waals surface area contributed by atoms with Gasteiger partial charge in [-0.25, -0.2) is 0 Å². The third kappa shape index (κ3) is 1.88. The van der Waals surface area contributed by atoms with Crippen LogP contribution in [0.5, 0.6) is 0 Å². The molecule has 0 aromatic heterocycles. The van der Waals surface area contributed by atoms with Crippen LogP contribution in [-0.2, 0) is 4.79 Å². The zero-order chi connectivity index (χ0) is 10.2. The second-order valence-electron chi connectivity index (χ2n) is 4.31. The van der Waals surface area contributed by atoms with Gasteiger partial charge in [-0.15, -0.1) is 11.6 Å². The second-order valence-corrected chi connectivity index (χ2v) is 4.58. The van der Waals surface area contributed by atoms with Gasteiger partial charge in [-0.05, 0) is 18.3 Å².